The number of methoxy groups -OCH3 is 2. The third-order valence-electron chi connectivity index (χ3n) is 8.11. The molecule has 2 aliphatic heterocycles. The highest BCUT2D eigenvalue weighted by Gasteiger charge is 2.42. The minimum Gasteiger partial charge on any atom is -0.466 e. The highest BCUT2D eigenvalue weighted by Crippen LogP contribution is 2.46. The highest BCUT2D eigenvalue weighted by molar-refractivity contribution is 6.36. The van der Waals surface area contributed by atoms with Crippen LogP contribution >= 0.6 is 48.0 Å². The van der Waals surface area contributed by atoms with Crippen LogP contribution in [0, 0.1) is 0 Å². The van der Waals surface area contributed by atoms with E-state index in [0.29, 0.717) is 62.5 Å². The van der Waals surface area contributed by atoms with Gasteiger partial charge in [0.05, 0.1) is 37.7 Å². The number of carbonyl (C=O) groups is 3. The van der Waals surface area contributed by atoms with Crippen molar-refractivity contribution in [1.82, 2.24) is 15.1 Å². The Morgan fingerprint density at radius 3 is 2.00 bits per heavy atom. The maximum atomic E-state index is 13.8. The fourth-order valence-electron chi connectivity index (χ4n) is 5.82. The molecule has 15 heteroatoms. The predicted octanol–water partition coefficient (Wildman–Crippen LogP) is 4.21. The highest BCUT2D eigenvalue weighted by atomic mass is 35.5. The number of aryl methyl sites for hydroxylation is 1. The molecule has 1 amide bonds. The quantitative estimate of drug-likeness (QED) is 0.126. The van der Waals surface area contributed by atoms with E-state index in [-0.39, 0.29) is 64.3 Å². The van der Waals surface area contributed by atoms with Gasteiger partial charge >= 0.3 is 11.9 Å². The fourth-order valence-corrected chi connectivity index (χ4v) is 6.44. The number of nitrogens with two attached hydrogens (primary N) is 2. The number of halogens is 4. The number of rotatable bonds is 12. The first-order valence-electron chi connectivity index (χ1n) is 15.1. The summed E-state index contributed by atoms with van der Waals surface area (Å²) in [6, 6.07) is 14.7. The molecule has 0 aromatic heterocycles. The standard InChI is InChI=1S/C33H40Cl2N6O5.2ClH/c1-45-31(43)28-24(13-12-21-8-4-3-5-9-21)39-25(29(32(44)46-2)30(28)27-22(34)10-6-11-23(27)35)20-26(42)41-18-16-40(17-19-41)15-7-14-38-33(36)37;;/h3-6,8-11,30,39H,7,12-20H2,1-2H3,(H4,36,37,38);2*1H. The van der Waals surface area contributed by atoms with Crippen LogP contribution < -0.4 is 16.8 Å². The first-order chi connectivity index (χ1) is 22.1. The zero-order valence-electron chi connectivity index (χ0n) is 26.9. The van der Waals surface area contributed by atoms with Gasteiger partial charge in [-0.05, 0) is 37.0 Å². The molecular weight excluding hydrogens is 702 g/mol. The summed E-state index contributed by atoms with van der Waals surface area (Å²) < 4.78 is 10.5. The molecule has 2 aromatic rings. The molecule has 4 rings (SSSR count). The summed E-state index contributed by atoms with van der Waals surface area (Å²) in [5, 5.41) is 3.81. The Morgan fingerprint density at radius 1 is 0.854 bits per heavy atom. The fraction of sp³-hybridized carbons (Fsp3) is 0.394. The number of allylic oxidation sites excluding steroid dienone is 1. The SMILES string of the molecule is COC(=O)C1=C(CCc2ccccc2)NC(CC(=O)N2CCN(CCCN=C(N)N)CC2)=C(C(=O)OC)C1c1c(Cl)cccc1Cl.Cl.Cl. The third-order valence-corrected chi connectivity index (χ3v) is 8.77. The van der Waals surface area contributed by atoms with Gasteiger partial charge in [0.25, 0.3) is 0 Å². The van der Waals surface area contributed by atoms with Crippen molar-refractivity contribution in [2.75, 3.05) is 53.5 Å². The zero-order valence-corrected chi connectivity index (χ0v) is 30.0. The Hall–Kier alpha value is -3.48. The molecule has 2 aliphatic rings. The van der Waals surface area contributed by atoms with Crippen LogP contribution in [-0.4, -0.2) is 87.1 Å². The molecule has 0 saturated carbocycles. The molecule has 2 heterocycles. The number of nitrogens with one attached hydrogen (secondary N) is 1. The Kier molecular flexibility index (Phi) is 16.5. The smallest absolute Gasteiger partial charge is 0.336 e. The van der Waals surface area contributed by atoms with E-state index in [1.807, 2.05) is 30.3 Å². The number of hydrogen-bond acceptors (Lipinski definition) is 8. The summed E-state index contributed by atoms with van der Waals surface area (Å²) in [5.74, 6) is -2.51. The van der Waals surface area contributed by atoms with E-state index in [0.717, 1.165) is 18.5 Å². The van der Waals surface area contributed by atoms with Crippen molar-refractivity contribution in [3.63, 3.8) is 0 Å². The van der Waals surface area contributed by atoms with Crippen LogP contribution in [0.2, 0.25) is 10.0 Å². The Bertz CT molecular complexity index is 1500. The average molecular weight is 745 g/mol. The summed E-state index contributed by atoms with van der Waals surface area (Å²) in [7, 11) is 2.52. The second-order valence-corrected chi connectivity index (χ2v) is 11.8. The van der Waals surface area contributed by atoms with Gasteiger partial charge in [0.2, 0.25) is 5.91 Å². The molecule has 1 fully saturated rings. The van der Waals surface area contributed by atoms with Crippen LogP contribution in [0.25, 0.3) is 0 Å². The summed E-state index contributed by atoms with van der Waals surface area (Å²) in [5.41, 5.74) is 13.3. The summed E-state index contributed by atoms with van der Waals surface area (Å²) >= 11 is 13.4. The van der Waals surface area contributed by atoms with Gasteiger partial charge in [0.1, 0.15) is 0 Å². The molecule has 48 heavy (non-hydrogen) atoms. The number of nitrogens with zero attached hydrogens (tertiary/aromatic N) is 3. The monoisotopic (exact) mass is 742 g/mol. The van der Waals surface area contributed by atoms with Gasteiger partial charge in [0.15, 0.2) is 5.96 Å². The molecule has 11 nitrogen and oxygen atoms in total. The van der Waals surface area contributed by atoms with E-state index in [2.05, 4.69) is 15.2 Å². The molecule has 1 unspecified atom stereocenters. The second kappa shape index (κ2) is 19.5. The number of dihydropyridines is 1. The summed E-state index contributed by atoms with van der Waals surface area (Å²) in [6.07, 6.45) is 1.64. The van der Waals surface area contributed by atoms with Crippen LogP contribution in [0.3, 0.4) is 0 Å². The normalized spacial score (nSPS) is 16.2. The largest absolute Gasteiger partial charge is 0.466 e. The topological polar surface area (TPSA) is 153 Å². The van der Waals surface area contributed by atoms with Crippen LogP contribution in [0.1, 0.15) is 36.3 Å². The number of benzene rings is 2. The first-order valence-corrected chi connectivity index (χ1v) is 15.8. The van der Waals surface area contributed by atoms with E-state index >= 15 is 0 Å². The number of aliphatic imine (C=N–C) groups is 1. The van der Waals surface area contributed by atoms with E-state index in [4.69, 9.17) is 44.1 Å². The van der Waals surface area contributed by atoms with Crippen LogP contribution in [0.5, 0.6) is 0 Å². The van der Waals surface area contributed by atoms with E-state index < -0.39 is 17.9 Å². The van der Waals surface area contributed by atoms with Gasteiger partial charge in [-0.2, -0.15) is 0 Å². The van der Waals surface area contributed by atoms with Gasteiger partial charge in [-0.3, -0.25) is 14.7 Å². The van der Waals surface area contributed by atoms with Crippen molar-refractivity contribution in [2.24, 2.45) is 16.5 Å². The average Bonchev–Trinajstić information content (AvgIpc) is 3.05. The summed E-state index contributed by atoms with van der Waals surface area (Å²) in [4.78, 5) is 48.9. The van der Waals surface area contributed by atoms with Gasteiger partial charge < -0.3 is 31.2 Å². The lowest BCUT2D eigenvalue weighted by Gasteiger charge is -2.36. The lowest BCUT2D eigenvalue weighted by atomic mass is 9.78. The number of hydrogen-bond donors (Lipinski definition) is 3. The van der Waals surface area contributed by atoms with Crippen LogP contribution in [-0.2, 0) is 30.3 Å². The van der Waals surface area contributed by atoms with Gasteiger partial charge in [-0.25, -0.2) is 9.59 Å². The summed E-state index contributed by atoms with van der Waals surface area (Å²) in [6.45, 7) is 3.77. The van der Waals surface area contributed by atoms with Crippen molar-refractivity contribution in [1.29, 1.82) is 0 Å². The zero-order chi connectivity index (χ0) is 33.2. The number of amides is 1. The lowest BCUT2D eigenvalue weighted by Crippen LogP contribution is -2.49. The molecular formula is C33H42Cl4N6O5. The van der Waals surface area contributed by atoms with Crippen LogP contribution in [0.4, 0.5) is 0 Å². The molecule has 0 spiro atoms. The van der Waals surface area contributed by atoms with Crippen LogP contribution in [0.15, 0.2) is 76.1 Å². The van der Waals surface area contributed by atoms with Crippen molar-refractivity contribution in [2.45, 2.75) is 31.6 Å². The van der Waals surface area contributed by atoms with Crippen molar-refractivity contribution < 1.29 is 23.9 Å². The molecule has 262 valence electrons. The molecule has 0 aliphatic carbocycles. The number of ether oxygens (including phenoxy) is 2. The van der Waals surface area contributed by atoms with Gasteiger partial charge in [-0.1, -0.05) is 59.6 Å². The Morgan fingerprint density at radius 2 is 1.44 bits per heavy atom. The van der Waals surface area contributed by atoms with Crippen molar-refractivity contribution in [3.8, 4) is 0 Å². The lowest BCUT2D eigenvalue weighted by molar-refractivity contribution is -0.137. The number of piperazine rings is 1. The molecule has 1 atom stereocenters. The van der Waals surface area contributed by atoms with Gasteiger partial charge in [-0.15, -0.1) is 24.8 Å². The van der Waals surface area contributed by atoms with Crippen molar-refractivity contribution in [3.05, 3.63) is 92.2 Å². The third kappa shape index (κ3) is 10.3. The molecule has 0 radical (unpaired) electrons. The molecule has 0 bridgehead atoms. The predicted molar refractivity (Wildman–Crippen MR) is 193 cm³/mol. The molecule has 5 N–H and O–H groups in total. The molecule has 1 saturated heterocycles. The number of guanidine groups is 1. The van der Waals surface area contributed by atoms with E-state index in [9.17, 15) is 14.4 Å². The van der Waals surface area contributed by atoms with Crippen molar-refractivity contribution >= 4 is 71.8 Å². The number of carbonyl (C=O) groups excluding carboxylic acids is 3. The molecule has 2 aromatic carbocycles. The maximum Gasteiger partial charge on any atom is 0.336 e. The number of esters is 2. The van der Waals surface area contributed by atoms with Gasteiger partial charge in [0, 0.05) is 66.3 Å². The minimum absolute atomic E-state index is 0. The second-order valence-electron chi connectivity index (χ2n) is 11.0. The maximum absolute atomic E-state index is 13.8. The van der Waals surface area contributed by atoms with E-state index in [1.54, 1.807) is 23.1 Å². The minimum atomic E-state index is -1.04. The first kappa shape index (κ1) is 40.7. The Labute approximate surface area is 303 Å². The van der Waals surface area contributed by atoms with E-state index in [1.165, 1.54) is 14.2 Å². The Balaban J connectivity index is 0.00000400.